The third kappa shape index (κ3) is 5.30. The second kappa shape index (κ2) is 9.86. The SMILES string of the molecule is COCC1(CNS(=O)(=O)c2sc(C(=O)OC)cc2OC)CCNCC1.Cl. The largest absolute Gasteiger partial charge is 0.494 e. The molecular formula is C15H25ClN2O6S2. The average Bonchev–Trinajstić information content (AvgIpc) is 3.06. The predicted octanol–water partition coefficient (Wildman–Crippen LogP) is 1.26. The Morgan fingerprint density at radius 2 is 1.96 bits per heavy atom. The van der Waals surface area contributed by atoms with Crippen LogP contribution in [0.3, 0.4) is 0 Å². The van der Waals surface area contributed by atoms with Crippen LogP contribution in [0.2, 0.25) is 0 Å². The highest BCUT2D eigenvalue weighted by Gasteiger charge is 2.35. The van der Waals surface area contributed by atoms with E-state index in [1.807, 2.05) is 0 Å². The van der Waals surface area contributed by atoms with Crippen molar-refractivity contribution in [3.8, 4) is 5.75 Å². The highest BCUT2D eigenvalue weighted by Crippen LogP contribution is 2.35. The highest BCUT2D eigenvalue weighted by atomic mass is 35.5. The van der Waals surface area contributed by atoms with Crippen LogP contribution in [-0.4, -0.2) is 62.0 Å². The molecule has 1 saturated heterocycles. The zero-order chi connectivity index (χ0) is 18.5. The standard InChI is InChI=1S/C15H24N2O6S2.ClH/c1-21-10-15(4-6-16-7-5-15)9-17-25(19,20)14-11(22-2)8-12(24-14)13(18)23-3;/h8,16-17H,4-7,9-10H2,1-3H3;1H. The number of carbonyl (C=O) groups excluding carboxylic acids is 1. The van der Waals surface area contributed by atoms with Crippen molar-refractivity contribution in [1.29, 1.82) is 0 Å². The Kier molecular flexibility index (Phi) is 8.77. The molecule has 0 aromatic carbocycles. The lowest BCUT2D eigenvalue weighted by Gasteiger charge is -2.37. The van der Waals surface area contributed by atoms with E-state index in [-0.39, 0.29) is 39.2 Å². The van der Waals surface area contributed by atoms with Crippen LogP contribution < -0.4 is 14.8 Å². The minimum atomic E-state index is -3.82. The molecule has 1 aromatic heterocycles. The minimum Gasteiger partial charge on any atom is -0.494 e. The minimum absolute atomic E-state index is 0. The first-order valence-electron chi connectivity index (χ1n) is 7.83. The fourth-order valence-electron chi connectivity index (χ4n) is 2.84. The van der Waals surface area contributed by atoms with Crippen molar-refractivity contribution in [3.05, 3.63) is 10.9 Å². The number of rotatable bonds is 8. The number of sulfonamides is 1. The van der Waals surface area contributed by atoms with E-state index in [0.717, 1.165) is 37.3 Å². The first-order chi connectivity index (χ1) is 11.9. The molecule has 1 aliphatic rings. The van der Waals surface area contributed by atoms with Gasteiger partial charge in [-0.1, -0.05) is 0 Å². The van der Waals surface area contributed by atoms with Gasteiger partial charge in [0, 0.05) is 25.1 Å². The molecule has 26 heavy (non-hydrogen) atoms. The summed E-state index contributed by atoms with van der Waals surface area (Å²) in [5.41, 5.74) is -0.247. The molecule has 0 saturated carbocycles. The van der Waals surface area contributed by atoms with E-state index in [4.69, 9.17) is 9.47 Å². The predicted molar refractivity (Wildman–Crippen MR) is 101 cm³/mol. The molecule has 0 aliphatic carbocycles. The molecule has 0 unspecified atom stereocenters. The Hall–Kier alpha value is -0.910. The molecule has 2 rings (SSSR count). The molecule has 1 aromatic rings. The van der Waals surface area contributed by atoms with Gasteiger partial charge >= 0.3 is 5.97 Å². The molecule has 2 heterocycles. The van der Waals surface area contributed by atoms with Crippen molar-refractivity contribution in [2.75, 3.05) is 47.6 Å². The summed E-state index contributed by atoms with van der Waals surface area (Å²) in [7, 11) is 0.399. The molecule has 0 atom stereocenters. The summed E-state index contributed by atoms with van der Waals surface area (Å²) >= 11 is 0.829. The molecule has 0 radical (unpaired) electrons. The number of hydrogen-bond acceptors (Lipinski definition) is 8. The number of esters is 1. The Morgan fingerprint density at radius 1 is 1.31 bits per heavy atom. The topological polar surface area (TPSA) is 103 Å². The molecule has 0 amide bonds. The smallest absolute Gasteiger partial charge is 0.348 e. The Bertz CT molecular complexity index is 695. The van der Waals surface area contributed by atoms with E-state index in [2.05, 4.69) is 14.8 Å². The van der Waals surface area contributed by atoms with Crippen molar-refractivity contribution < 1.29 is 27.4 Å². The van der Waals surface area contributed by atoms with E-state index in [9.17, 15) is 13.2 Å². The maximum Gasteiger partial charge on any atom is 0.348 e. The van der Waals surface area contributed by atoms with Gasteiger partial charge in [-0.2, -0.15) is 0 Å². The average molecular weight is 429 g/mol. The summed E-state index contributed by atoms with van der Waals surface area (Å²) in [6.45, 7) is 2.38. The normalized spacial score (nSPS) is 16.6. The molecular weight excluding hydrogens is 404 g/mol. The Morgan fingerprint density at radius 3 is 2.50 bits per heavy atom. The van der Waals surface area contributed by atoms with Gasteiger partial charge in [-0.3, -0.25) is 0 Å². The van der Waals surface area contributed by atoms with Crippen LogP contribution in [0, 0.1) is 5.41 Å². The van der Waals surface area contributed by atoms with Crippen LogP contribution in [0.25, 0.3) is 0 Å². The van der Waals surface area contributed by atoms with Crippen LogP contribution in [0.15, 0.2) is 10.3 Å². The summed E-state index contributed by atoms with van der Waals surface area (Å²) in [5.74, 6) is -0.469. The second-order valence-corrected chi connectivity index (χ2v) is 8.98. The molecule has 1 fully saturated rings. The quantitative estimate of drug-likeness (QED) is 0.601. The van der Waals surface area contributed by atoms with Gasteiger partial charge in [0.15, 0.2) is 9.96 Å². The second-order valence-electron chi connectivity index (χ2n) is 5.97. The lowest BCUT2D eigenvalue weighted by Crippen LogP contribution is -2.47. The number of piperidine rings is 1. The highest BCUT2D eigenvalue weighted by molar-refractivity contribution is 7.91. The Balaban J connectivity index is 0.00000338. The fourth-order valence-corrected chi connectivity index (χ4v) is 5.53. The Labute approximate surface area is 164 Å². The molecule has 2 N–H and O–H groups in total. The monoisotopic (exact) mass is 428 g/mol. The molecule has 0 bridgehead atoms. The fraction of sp³-hybridized carbons (Fsp3) is 0.667. The van der Waals surface area contributed by atoms with Crippen LogP contribution in [0.1, 0.15) is 22.5 Å². The van der Waals surface area contributed by atoms with Gasteiger partial charge in [-0.25, -0.2) is 17.9 Å². The number of hydrogen-bond donors (Lipinski definition) is 2. The molecule has 1 aliphatic heterocycles. The van der Waals surface area contributed by atoms with Crippen LogP contribution in [0.4, 0.5) is 0 Å². The number of methoxy groups -OCH3 is 3. The van der Waals surface area contributed by atoms with E-state index in [1.54, 1.807) is 7.11 Å². The number of carbonyl (C=O) groups is 1. The number of thiophene rings is 1. The van der Waals surface area contributed by atoms with Gasteiger partial charge in [0.2, 0.25) is 0 Å². The third-order valence-electron chi connectivity index (χ3n) is 4.27. The lowest BCUT2D eigenvalue weighted by molar-refractivity contribution is 0.0577. The summed E-state index contributed by atoms with van der Waals surface area (Å²) in [6.07, 6.45) is 1.64. The van der Waals surface area contributed by atoms with Crippen LogP contribution >= 0.6 is 23.7 Å². The first-order valence-corrected chi connectivity index (χ1v) is 10.1. The van der Waals surface area contributed by atoms with Gasteiger partial charge in [0.1, 0.15) is 4.88 Å². The van der Waals surface area contributed by atoms with Crippen molar-refractivity contribution in [2.45, 2.75) is 17.1 Å². The van der Waals surface area contributed by atoms with Crippen molar-refractivity contribution in [2.24, 2.45) is 5.41 Å². The van der Waals surface area contributed by atoms with E-state index in [1.165, 1.54) is 20.3 Å². The van der Waals surface area contributed by atoms with Crippen molar-refractivity contribution in [1.82, 2.24) is 10.0 Å². The van der Waals surface area contributed by atoms with Crippen molar-refractivity contribution in [3.63, 3.8) is 0 Å². The maximum absolute atomic E-state index is 12.7. The van der Waals surface area contributed by atoms with Crippen LogP contribution in [0.5, 0.6) is 5.75 Å². The van der Waals surface area contributed by atoms with Gasteiger partial charge in [-0.15, -0.1) is 23.7 Å². The van der Waals surface area contributed by atoms with E-state index in [0.29, 0.717) is 6.61 Å². The summed E-state index contributed by atoms with van der Waals surface area (Å²) < 4.78 is 43.2. The molecule has 150 valence electrons. The molecule has 8 nitrogen and oxygen atoms in total. The summed E-state index contributed by atoms with van der Waals surface area (Å²) in [4.78, 5) is 11.8. The zero-order valence-electron chi connectivity index (χ0n) is 15.0. The first kappa shape index (κ1) is 23.1. The van der Waals surface area contributed by atoms with E-state index >= 15 is 0 Å². The number of ether oxygens (including phenoxy) is 3. The van der Waals surface area contributed by atoms with Gasteiger partial charge < -0.3 is 19.5 Å². The molecule has 0 spiro atoms. The molecule has 11 heteroatoms. The lowest BCUT2D eigenvalue weighted by atomic mass is 9.80. The number of nitrogens with one attached hydrogen (secondary N) is 2. The van der Waals surface area contributed by atoms with Crippen LogP contribution in [-0.2, 0) is 19.5 Å². The van der Waals surface area contributed by atoms with Gasteiger partial charge in [0.25, 0.3) is 10.0 Å². The summed E-state index contributed by atoms with van der Waals surface area (Å²) in [6, 6.07) is 1.38. The van der Waals surface area contributed by atoms with E-state index < -0.39 is 16.0 Å². The van der Waals surface area contributed by atoms with Crippen molar-refractivity contribution >= 4 is 39.7 Å². The van der Waals surface area contributed by atoms with Gasteiger partial charge in [-0.05, 0) is 25.9 Å². The zero-order valence-corrected chi connectivity index (χ0v) is 17.4. The summed E-state index contributed by atoms with van der Waals surface area (Å²) in [5, 5.41) is 3.27. The van der Waals surface area contributed by atoms with Gasteiger partial charge in [0.05, 0.1) is 20.8 Å². The maximum atomic E-state index is 12.7. The third-order valence-corrected chi connectivity index (χ3v) is 7.28. The number of halogens is 1.